The van der Waals surface area contributed by atoms with Crippen LogP contribution in [0.4, 0.5) is 0 Å². The highest BCUT2D eigenvalue weighted by atomic mass is 16.7. The molecule has 4 aliphatic rings. The van der Waals surface area contributed by atoms with Crippen LogP contribution in [-0.4, -0.2) is 25.4 Å². The predicted octanol–water partition coefficient (Wildman–Crippen LogP) is 3.82. The van der Waals surface area contributed by atoms with Gasteiger partial charge in [-0.3, -0.25) is 4.79 Å². The summed E-state index contributed by atoms with van der Waals surface area (Å²) in [6.07, 6.45) is 5.70. The van der Waals surface area contributed by atoms with Gasteiger partial charge in [0.25, 0.3) is 0 Å². The molecule has 5 rings (SSSR count). The van der Waals surface area contributed by atoms with Crippen LogP contribution in [0.1, 0.15) is 44.6 Å². The van der Waals surface area contributed by atoms with E-state index < -0.39 is 0 Å². The Balaban J connectivity index is 1.23. The van der Waals surface area contributed by atoms with Crippen LogP contribution in [0.15, 0.2) is 30.4 Å². The van der Waals surface area contributed by atoms with Crippen molar-refractivity contribution in [3.63, 3.8) is 0 Å². The zero-order chi connectivity index (χ0) is 19.3. The first kappa shape index (κ1) is 18.0. The lowest BCUT2D eigenvalue weighted by Gasteiger charge is -2.50. The van der Waals surface area contributed by atoms with E-state index >= 15 is 0 Å². The van der Waals surface area contributed by atoms with Crippen molar-refractivity contribution in [2.45, 2.75) is 51.7 Å². The van der Waals surface area contributed by atoms with Crippen molar-refractivity contribution in [1.82, 2.24) is 5.32 Å². The lowest BCUT2D eigenvalue weighted by atomic mass is 9.55. The van der Waals surface area contributed by atoms with E-state index in [2.05, 4.69) is 18.8 Å². The van der Waals surface area contributed by atoms with Gasteiger partial charge in [0.05, 0.1) is 5.92 Å². The molecule has 150 valence electrons. The van der Waals surface area contributed by atoms with Gasteiger partial charge in [0.15, 0.2) is 11.5 Å². The van der Waals surface area contributed by atoms with Crippen LogP contribution < -0.4 is 14.8 Å². The summed E-state index contributed by atoms with van der Waals surface area (Å²) in [5.74, 6) is 2.35. The molecular weight excluding hydrogens is 354 g/mol. The Hall–Kier alpha value is -2.01. The molecule has 5 atom stereocenters. The molecule has 0 radical (unpaired) electrons. The van der Waals surface area contributed by atoms with E-state index in [-0.39, 0.29) is 30.2 Å². The van der Waals surface area contributed by atoms with Crippen LogP contribution in [0.2, 0.25) is 0 Å². The summed E-state index contributed by atoms with van der Waals surface area (Å²) >= 11 is 0. The number of esters is 1. The molecular formula is C23H29NO4. The van der Waals surface area contributed by atoms with E-state index in [4.69, 9.17) is 14.2 Å². The van der Waals surface area contributed by atoms with Gasteiger partial charge in [-0.05, 0) is 61.1 Å². The van der Waals surface area contributed by atoms with Crippen LogP contribution in [0.3, 0.4) is 0 Å². The second-order valence-corrected chi connectivity index (χ2v) is 9.22. The van der Waals surface area contributed by atoms with E-state index in [9.17, 15) is 4.79 Å². The average Bonchev–Trinajstić information content (AvgIpc) is 3.24. The van der Waals surface area contributed by atoms with Gasteiger partial charge in [-0.2, -0.15) is 0 Å². The van der Waals surface area contributed by atoms with Crippen molar-refractivity contribution in [3.8, 4) is 11.5 Å². The summed E-state index contributed by atoms with van der Waals surface area (Å²) in [5, 5.41) is 3.47. The number of ether oxygens (including phenoxy) is 3. The Labute approximate surface area is 166 Å². The zero-order valence-electron chi connectivity index (χ0n) is 16.5. The summed E-state index contributed by atoms with van der Waals surface area (Å²) in [6.45, 7) is 8.38. The lowest BCUT2D eigenvalue weighted by Crippen LogP contribution is -2.45. The molecule has 5 heteroatoms. The van der Waals surface area contributed by atoms with Crippen LogP contribution in [0, 0.1) is 23.2 Å². The molecule has 2 heterocycles. The largest absolute Gasteiger partial charge is 0.462 e. The smallest absolute Gasteiger partial charge is 0.310 e. The quantitative estimate of drug-likeness (QED) is 0.633. The minimum atomic E-state index is -0.0571. The van der Waals surface area contributed by atoms with Gasteiger partial charge in [0, 0.05) is 19.0 Å². The number of fused-ring (bicyclic) bond motifs is 3. The van der Waals surface area contributed by atoms with E-state index in [1.54, 1.807) is 0 Å². The minimum absolute atomic E-state index is 0.0268. The Morgan fingerprint density at radius 1 is 1.29 bits per heavy atom. The summed E-state index contributed by atoms with van der Waals surface area (Å²) in [6, 6.07) is 5.98. The minimum Gasteiger partial charge on any atom is -0.462 e. The van der Waals surface area contributed by atoms with Gasteiger partial charge in [0.1, 0.15) is 6.10 Å². The zero-order valence-corrected chi connectivity index (χ0v) is 16.5. The van der Waals surface area contributed by atoms with E-state index in [1.807, 2.05) is 18.2 Å². The Kier molecular flexibility index (Phi) is 4.38. The second kappa shape index (κ2) is 6.80. The monoisotopic (exact) mass is 383 g/mol. The van der Waals surface area contributed by atoms with Crippen molar-refractivity contribution < 1.29 is 19.0 Å². The molecule has 0 amide bonds. The number of hydrogen-bond donors (Lipinski definition) is 1. The Morgan fingerprint density at radius 2 is 2.14 bits per heavy atom. The summed E-state index contributed by atoms with van der Waals surface area (Å²) in [7, 11) is 0. The predicted molar refractivity (Wildman–Crippen MR) is 105 cm³/mol. The van der Waals surface area contributed by atoms with Crippen molar-refractivity contribution in [2.75, 3.05) is 13.3 Å². The maximum Gasteiger partial charge on any atom is 0.310 e. The summed E-state index contributed by atoms with van der Waals surface area (Å²) in [5.41, 5.74) is 2.77. The highest BCUT2D eigenvalue weighted by Gasteiger charge is 2.54. The molecule has 1 saturated heterocycles. The Morgan fingerprint density at radius 3 is 3.04 bits per heavy atom. The van der Waals surface area contributed by atoms with Gasteiger partial charge in [-0.25, -0.2) is 0 Å². The highest BCUT2D eigenvalue weighted by Crippen LogP contribution is 2.56. The molecule has 3 fully saturated rings. The van der Waals surface area contributed by atoms with E-state index in [0.29, 0.717) is 24.9 Å². The number of benzene rings is 1. The van der Waals surface area contributed by atoms with Crippen LogP contribution in [0.5, 0.6) is 11.5 Å². The highest BCUT2D eigenvalue weighted by molar-refractivity contribution is 5.75. The number of allylic oxidation sites excluding steroid dienone is 1. The molecule has 2 saturated carbocycles. The lowest BCUT2D eigenvalue weighted by molar-refractivity contribution is -0.146. The SMILES string of the molecule is C=C1CCC[C@@]2(C)C[C@H]3OC(=O)[C@@H](CNCc4ccc5c(c4)OCO5)[C@@H]3C[C@H]12. The standard InChI is InChI=1S/C23H29NO4/c1-14-4-3-7-23(2)10-21-16(9-18(14)23)17(22(25)28-21)12-24-11-15-5-6-19-20(8-15)27-13-26-19/h5-6,8,16-18,21,24H,1,3-4,7,9-13H2,2H3/t16-,17-,18+,21+,23-/m0/s1. The van der Waals surface area contributed by atoms with Crippen LogP contribution in [-0.2, 0) is 16.1 Å². The number of hydrogen-bond acceptors (Lipinski definition) is 5. The molecule has 2 aliphatic carbocycles. The number of carbonyl (C=O) groups excluding carboxylic acids is 1. The van der Waals surface area contributed by atoms with Gasteiger partial charge in [-0.1, -0.05) is 25.1 Å². The Bertz CT molecular complexity index is 806. The van der Waals surface area contributed by atoms with Crippen molar-refractivity contribution >= 4 is 5.97 Å². The number of rotatable bonds is 4. The van der Waals surface area contributed by atoms with Gasteiger partial charge >= 0.3 is 5.97 Å². The van der Waals surface area contributed by atoms with E-state index in [1.165, 1.54) is 18.4 Å². The normalized spacial score (nSPS) is 36.0. The first-order chi connectivity index (χ1) is 13.5. The van der Waals surface area contributed by atoms with Crippen LogP contribution >= 0.6 is 0 Å². The molecule has 1 aromatic carbocycles. The summed E-state index contributed by atoms with van der Waals surface area (Å²) < 4.78 is 16.7. The fourth-order valence-electron chi connectivity index (χ4n) is 5.91. The molecule has 1 aromatic rings. The van der Waals surface area contributed by atoms with Crippen molar-refractivity contribution in [2.24, 2.45) is 23.2 Å². The fraction of sp³-hybridized carbons (Fsp3) is 0.609. The van der Waals surface area contributed by atoms with Crippen molar-refractivity contribution in [1.29, 1.82) is 0 Å². The van der Waals surface area contributed by atoms with Gasteiger partial charge in [-0.15, -0.1) is 0 Å². The molecule has 5 nitrogen and oxygen atoms in total. The molecule has 28 heavy (non-hydrogen) atoms. The maximum atomic E-state index is 12.6. The maximum absolute atomic E-state index is 12.6. The molecule has 0 bridgehead atoms. The number of carbonyl (C=O) groups is 1. The molecule has 2 aliphatic heterocycles. The third kappa shape index (κ3) is 3.00. The van der Waals surface area contributed by atoms with Crippen molar-refractivity contribution in [3.05, 3.63) is 35.9 Å². The number of nitrogens with one attached hydrogen (secondary N) is 1. The van der Waals surface area contributed by atoms with E-state index in [0.717, 1.165) is 36.3 Å². The van der Waals surface area contributed by atoms with Gasteiger partial charge in [0.2, 0.25) is 6.79 Å². The molecule has 0 unspecified atom stereocenters. The summed E-state index contributed by atoms with van der Waals surface area (Å²) in [4.78, 5) is 12.6. The van der Waals surface area contributed by atoms with Gasteiger partial charge < -0.3 is 19.5 Å². The average molecular weight is 383 g/mol. The topological polar surface area (TPSA) is 56.8 Å². The molecule has 0 spiro atoms. The second-order valence-electron chi connectivity index (χ2n) is 9.22. The molecule has 1 N–H and O–H groups in total. The fourth-order valence-corrected chi connectivity index (χ4v) is 5.91. The third-order valence-electron chi connectivity index (χ3n) is 7.45. The first-order valence-electron chi connectivity index (χ1n) is 10.5. The third-order valence-corrected chi connectivity index (χ3v) is 7.45. The molecule has 0 aromatic heterocycles. The first-order valence-corrected chi connectivity index (χ1v) is 10.5. The van der Waals surface area contributed by atoms with Crippen LogP contribution in [0.25, 0.3) is 0 Å².